The highest BCUT2D eigenvalue weighted by atomic mass is 16.8. The molecule has 132 valence electrons. The molecule has 0 radical (unpaired) electrons. The van der Waals surface area contributed by atoms with Crippen molar-refractivity contribution in [2.75, 3.05) is 13.1 Å². The largest absolute Gasteiger partial charge is 0.440 e. The summed E-state index contributed by atoms with van der Waals surface area (Å²) in [6.45, 7) is 8.92. The smallest absolute Gasteiger partial charge is 0.410 e. The zero-order chi connectivity index (χ0) is 16.8. The predicted octanol–water partition coefficient (Wildman–Crippen LogP) is 1.59. The van der Waals surface area contributed by atoms with Gasteiger partial charge < -0.3 is 29.6 Å². The number of fused-ring (bicyclic) bond motifs is 1. The molecule has 3 fully saturated rings. The summed E-state index contributed by atoms with van der Waals surface area (Å²) in [4.78, 5) is 14.2. The molecule has 7 heteroatoms. The van der Waals surface area contributed by atoms with Crippen LogP contribution in [-0.4, -0.2) is 60.0 Å². The number of carbonyl (C=O) groups excluding carboxylic acids is 1. The van der Waals surface area contributed by atoms with Crippen molar-refractivity contribution in [3.8, 4) is 0 Å². The Bertz CT molecular complexity index is 457. The van der Waals surface area contributed by atoms with Crippen molar-refractivity contribution in [2.45, 2.75) is 82.9 Å². The number of nitrogens with zero attached hydrogens (tertiary/aromatic N) is 1. The first-order chi connectivity index (χ1) is 10.7. The SMILES string of the molecule is CC[C@H]1O[C@@H]2OC(C)(C)O[C@@H]2[C@H]1OC(=O)N1CCC(C)(N)CC1. The van der Waals surface area contributed by atoms with Gasteiger partial charge in [-0.05, 0) is 40.0 Å². The molecule has 3 saturated heterocycles. The van der Waals surface area contributed by atoms with Gasteiger partial charge in [-0.25, -0.2) is 4.79 Å². The minimum Gasteiger partial charge on any atom is -0.440 e. The molecule has 3 aliphatic rings. The Hall–Kier alpha value is -0.890. The Morgan fingerprint density at radius 1 is 1.26 bits per heavy atom. The number of amides is 1. The van der Waals surface area contributed by atoms with E-state index in [0.29, 0.717) is 13.1 Å². The Kier molecular flexibility index (Phi) is 4.33. The topological polar surface area (TPSA) is 83.2 Å². The van der Waals surface area contributed by atoms with E-state index in [2.05, 4.69) is 0 Å². The first-order valence-electron chi connectivity index (χ1n) is 8.46. The molecule has 3 aliphatic heterocycles. The van der Waals surface area contributed by atoms with E-state index in [1.807, 2.05) is 27.7 Å². The number of rotatable bonds is 2. The molecule has 4 atom stereocenters. The lowest BCUT2D eigenvalue weighted by atomic mass is 9.91. The lowest BCUT2D eigenvalue weighted by Gasteiger charge is -2.37. The van der Waals surface area contributed by atoms with Gasteiger partial charge in [0, 0.05) is 18.6 Å². The first kappa shape index (κ1) is 17.0. The van der Waals surface area contributed by atoms with Crippen molar-refractivity contribution in [1.82, 2.24) is 4.90 Å². The minimum atomic E-state index is -0.717. The summed E-state index contributed by atoms with van der Waals surface area (Å²) in [7, 11) is 0. The number of piperidine rings is 1. The van der Waals surface area contributed by atoms with Crippen molar-refractivity contribution in [1.29, 1.82) is 0 Å². The van der Waals surface area contributed by atoms with Gasteiger partial charge in [0.2, 0.25) is 0 Å². The van der Waals surface area contributed by atoms with Crippen LogP contribution in [0.25, 0.3) is 0 Å². The second-order valence-electron chi connectivity index (χ2n) is 7.54. The van der Waals surface area contributed by atoms with Gasteiger partial charge in [-0.2, -0.15) is 0 Å². The van der Waals surface area contributed by atoms with Gasteiger partial charge in [-0.3, -0.25) is 0 Å². The maximum absolute atomic E-state index is 12.5. The quantitative estimate of drug-likeness (QED) is 0.829. The van der Waals surface area contributed by atoms with E-state index in [4.69, 9.17) is 24.7 Å². The Balaban J connectivity index is 1.62. The third-order valence-corrected chi connectivity index (χ3v) is 4.89. The second-order valence-corrected chi connectivity index (χ2v) is 7.54. The molecule has 0 aromatic carbocycles. The standard InChI is InChI=1S/C16H28N2O5/c1-5-10-11(12-13(20-10)23-15(2,3)22-12)21-14(19)18-8-6-16(4,17)7-9-18/h10-13H,5-9,17H2,1-4H3/t10-,11+,12-,13-/m1/s1. The molecule has 23 heavy (non-hydrogen) atoms. The van der Waals surface area contributed by atoms with Crippen LogP contribution in [0.4, 0.5) is 4.79 Å². The summed E-state index contributed by atoms with van der Waals surface area (Å²) < 4.78 is 23.2. The molecule has 7 nitrogen and oxygen atoms in total. The molecule has 3 heterocycles. The van der Waals surface area contributed by atoms with Crippen LogP contribution in [0.2, 0.25) is 0 Å². The third-order valence-electron chi connectivity index (χ3n) is 4.89. The Labute approximate surface area is 137 Å². The van der Waals surface area contributed by atoms with Crippen molar-refractivity contribution < 1.29 is 23.7 Å². The van der Waals surface area contributed by atoms with Crippen LogP contribution in [0.15, 0.2) is 0 Å². The van der Waals surface area contributed by atoms with Crippen LogP contribution in [0.1, 0.15) is 47.0 Å². The van der Waals surface area contributed by atoms with Crippen molar-refractivity contribution >= 4 is 6.09 Å². The molecule has 3 rings (SSSR count). The van der Waals surface area contributed by atoms with Gasteiger partial charge in [0.05, 0.1) is 0 Å². The summed E-state index contributed by atoms with van der Waals surface area (Å²) in [5, 5.41) is 0. The van der Waals surface area contributed by atoms with E-state index in [0.717, 1.165) is 19.3 Å². The highest BCUT2D eigenvalue weighted by molar-refractivity contribution is 5.68. The summed E-state index contributed by atoms with van der Waals surface area (Å²) in [6, 6.07) is 0. The summed E-state index contributed by atoms with van der Waals surface area (Å²) in [6.07, 6.45) is 0.489. The highest BCUT2D eigenvalue weighted by Crippen LogP contribution is 2.39. The average molecular weight is 328 g/mol. The molecule has 0 bridgehead atoms. The fourth-order valence-corrected chi connectivity index (χ4v) is 3.41. The first-order valence-corrected chi connectivity index (χ1v) is 8.46. The van der Waals surface area contributed by atoms with Gasteiger partial charge in [-0.15, -0.1) is 0 Å². The van der Waals surface area contributed by atoms with Crippen molar-refractivity contribution in [3.05, 3.63) is 0 Å². The van der Waals surface area contributed by atoms with E-state index in [1.54, 1.807) is 4.90 Å². The summed E-state index contributed by atoms with van der Waals surface area (Å²) in [5.74, 6) is -0.717. The number of carbonyl (C=O) groups is 1. The minimum absolute atomic E-state index is 0.198. The Morgan fingerprint density at radius 3 is 2.52 bits per heavy atom. The van der Waals surface area contributed by atoms with Gasteiger partial charge in [0.15, 0.2) is 24.3 Å². The molecule has 0 aromatic rings. The Morgan fingerprint density at radius 2 is 1.91 bits per heavy atom. The predicted molar refractivity (Wildman–Crippen MR) is 82.7 cm³/mol. The van der Waals surface area contributed by atoms with E-state index >= 15 is 0 Å². The van der Waals surface area contributed by atoms with Gasteiger partial charge in [-0.1, -0.05) is 6.92 Å². The molecule has 0 aliphatic carbocycles. The highest BCUT2D eigenvalue weighted by Gasteiger charge is 2.56. The van der Waals surface area contributed by atoms with E-state index in [-0.39, 0.29) is 23.8 Å². The van der Waals surface area contributed by atoms with Crippen molar-refractivity contribution in [3.63, 3.8) is 0 Å². The van der Waals surface area contributed by atoms with Gasteiger partial charge in [0.1, 0.15) is 6.10 Å². The zero-order valence-electron chi connectivity index (χ0n) is 14.4. The fraction of sp³-hybridized carbons (Fsp3) is 0.938. The van der Waals surface area contributed by atoms with Crippen LogP contribution >= 0.6 is 0 Å². The molecule has 2 N–H and O–H groups in total. The molecular weight excluding hydrogens is 300 g/mol. The third kappa shape index (κ3) is 3.47. The normalized spacial score (nSPS) is 38.4. The monoisotopic (exact) mass is 328 g/mol. The van der Waals surface area contributed by atoms with E-state index < -0.39 is 18.2 Å². The average Bonchev–Trinajstić information content (AvgIpc) is 2.91. The lowest BCUT2D eigenvalue weighted by molar-refractivity contribution is -0.215. The second kappa shape index (κ2) is 5.88. The van der Waals surface area contributed by atoms with Gasteiger partial charge in [0.25, 0.3) is 0 Å². The molecule has 0 unspecified atom stereocenters. The summed E-state index contributed by atoms with van der Waals surface area (Å²) >= 11 is 0. The molecule has 0 aromatic heterocycles. The number of likely N-dealkylation sites (tertiary alicyclic amines) is 1. The zero-order valence-corrected chi connectivity index (χ0v) is 14.4. The van der Waals surface area contributed by atoms with Crippen LogP contribution in [-0.2, 0) is 18.9 Å². The molecule has 1 amide bonds. The fourth-order valence-electron chi connectivity index (χ4n) is 3.41. The van der Waals surface area contributed by atoms with Gasteiger partial charge >= 0.3 is 6.09 Å². The van der Waals surface area contributed by atoms with Crippen molar-refractivity contribution in [2.24, 2.45) is 5.73 Å². The van der Waals surface area contributed by atoms with Crippen LogP contribution in [0.3, 0.4) is 0 Å². The van der Waals surface area contributed by atoms with Crippen LogP contribution < -0.4 is 5.73 Å². The lowest BCUT2D eigenvalue weighted by Crippen LogP contribution is -2.51. The molecule has 0 saturated carbocycles. The van der Waals surface area contributed by atoms with E-state index in [1.165, 1.54) is 0 Å². The molecular formula is C16H28N2O5. The number of nitrogens with two attached hydrogens (primary N) is 1. The number of ether oxygens (including phenoxy) is 4. The van der Waals surface area contributed by atoms with E-state index in [9.17, 15) is 4.79 Å². The van der Waals surface area contributed by atoms with Crippen LogP contribution in [0, 0.1) is 0 Å². The summed E-state index contributed by atoms with van der Waals surface area (Å²) in [5.41, 5.74) is 5.91. The maximum atomic E-state index is 12.5. The maximum Gasteiger partial charge on any atom is 0.410 e. The number of hydrogen-bond acceptors (Lipinski definition) is 6. The number of hydrogen-bond donors (Lipinski definition) is 1. The van der Waals surface area contributed by atoms with Crippen LogP contribution in [0.5, 0.6) is 0 Å². The molecule has 0 spiro atoms.